The Labute approximate surface area is 166 Å². The predicted octanol–water partition coefficient (Wildman–Crippen LogP) is 3.05. The van der Waals surface area contributed by atoms with E-state index in [1.54, 1.807) is 0 Å². The van der Waals surface area contributed by atoms with Crippen molar-refractivity contribution in [3.8, 4) is 0 Å². The third kappa shape index (κ3) is 3.61. The fraction of sp³-hybridized carbons (Fsp3) is 0.522. The fourth-order valence-corrected chi connectivity index (χ4v) is 5.23. The van der Waals surface area contributed by atoms with E-state index in [1.165, 1.54) is 5.56 Å². The predicted molar refractivity (Wildman–Crippen MR) is 108 cm³/mol. The average Bonchev–Trinajstić information content (AvgIpc) is 3.37. The van der Waals surface area contributed by atoms with Crippen molar-refractivity contribution in [2.75, 3.05) is 13.2 Å². The second kappa shape index (κ2) is 8.10. The van der Waals surface area contributed by atoms with Crippen LogP contribution in [0.5, 0.6) is 0 Å². The summed E-state index contributed by atoms with van der Waals surface area (Å²) in [6, 6.07) is 15.0. The van der Waals surface area contributed by atoms with Gasteiger partial charge in [-0.05, 0) is 56.7 Å². The molecule has 5 heteroatoms. The lowest BCUT2D eigenvalue weighted by Crippen LogP contribution is -2.50. The van der Waals surface area contributed by atoms with Crippen LogP contribution in [0.1, 0.15) is 42.8 Å². The SMILES string of the molecule is Cc1ccc(CN2[C@H]3CC[C@@H]2[C@](Cc2ccccc2)(C(=O)NCCCO)C3)o1. The van der Waals surface area contributed by atoms with Gasteiger partial charge >= 0.3 is 0 Å². The average molecular weight is 383 g/mol. The standard InChI is InChI=1S/C23H30N2O3/c1-17-8-10-20(28-17)16-25-19-9-11-21(25)23(15-19,22(27)24-12-5-13-26)14-18-6-3-2-4-7-18/h2-4,6-8,10,19,21,26H,5,9,11-16H2,1H3,(H,24,27)/t19-,21+,23+/m0/s1. The van der Waals surface area contributed by atoms with Crippen molar-refractivity contribution in [3.05, 3.63) is 59.5 Å². The molecule has 2 N–H and O–H groups in total. The number of aliphatic hydroxyl groups is 1. The first-order chi connectivity index (χ1) is 13.6. The van der Waals surface area contributed by atoms with E-state index in [9.17, 15) is 4.79 Å². The molecular weight excluding hydrogens is 352 g/mol. The van der Waals surface area contributed by atoms with Gasteiger partial charge in [-0.15, -0.1) is 0 Å². The molecule has 0 spiro atoms. The van der Waals surface area contributed by atoms with Crippen molar-refractivity contribution < 1.29 is 14.3 Å². The molecule has 1 aromatic heterocycles. The first-order valence-corrected chi connectivity index (χ1v) is 10.4. The lowest BCUT2D eigenvalue weighted by molar-refractivity contribution is -0.133. The third-order valence-corrected chi connectivity index (χ3v) is 6.45. The molecule has 3 atom stereocenters. The first kappa shape index (κ1) is 19.2. The lowest BCUT2D eigenvalue weighted by Gasteiger charge is -2.36. The molecule has 2 saturated heterocycles. The van der Waals surface area contributed by atoms with Gasteiger partial charge in [0.15, 0.2) is 0 Å². The Bertz CT molecular complexity index is 803. The van der Waals surface area contributed by atoms with Crippen LogP contribution in [0, 0.1) is 12.3 Å². The van der Waals surface area contributed by atoms with Gasteiger partial charge in [-0.25, -0.2) is 0 Å². The van der Waals surface area contributed by atoms with E-state index in [0.29, 0.717) is 19.0 Å². The van der Waals surface area contributed by atoms with Crippen molar-refractivity contribution >= 4 is 5.91 Å². The highest BCUT2D eigenvalue weighted by Gasteiger charge is 2.59. The Morgan fingerprint density at radius 3 is 2.79 bits per heavy atom. The molecule has 3 heterocycles. The molecule has 1 aromatic carbocycles. The van der Waals surface area contributed by atoms with Crippen molar-refractivity contribution in [3.63, 3.8) is 0 Å². The Hall–Kier alpha value is -2.11. The van der Waals surface area contributed by atoms with E-state index in [1.807, 2.05) is 37.3 Å². The zero-order valence-electron chi connectivity index (χ0n) is 16.6. The summed E-state index contributed by atoms with van der Waals surface area (Å²) in [7, 11) is 0. The molecule has 2 fully saturated rings. The van der Waals surface area contributed by atoms with Crippen molar-refractivity contribution in [1.82, 2.24) is 10.2 Å². The van der Waals surface area contributed by atoms with Crippen LogP contribution >= 0.6 is 0 Å². The van der Waals surface area contributed by atoms with Gasteiger partial charge in [-0.3, -0.25) is 9.69 Å². The topological polar surface area (TPSA) is 65.7 Å². The highest BCUT2D eigenvalue weighted by molar-refractivity contribution is 5.84. The van der Waals surface area contributed by atoms with E-state index >= 15 is 0 Å². The number of fused-ring (bicyclic) bond motifs is 2. The van der Waals surface area contributed by atoms with Crippen molar-refractivity contribution in [2.24, 2.45) is 5.41 Å². The minimum atomic E-state index is -0.415. The van der Waals surface area contributed by atoms with Crippen LogP contribution in [-0.4, -0.2) is 41.1 Å². The largest absolute Gasteiger partial charge is 0.465 e. The van der Waals surface area contributed by atoms with Crippen LogP contribution in [-0.2, 0) is 17.8 Å². The van der Waals surface area contributed by atoms with E-state index in [-0.39, 0.29) is 18.6 Å². The first-order valence-electron chi connectivity index (χ1n) is 10.4. The monoisotopic (exact) mass is 382 g/mol. The normalized spacial score (nSPS) is 26.6. The van der Waals surface area contributed by atoms with Gasteiger partial charge in [0, 0.05) is 25.2 Å². The molecule has 0 radical (unpaired) electrons. The summed E-state index contributed by atoms with van der Waals surface area (Å²) < 4.78 is 5.83. The van der Waals surface area contributed by atoms with Crippen LogP contribution in [0.2, 0.25) is 0 Å². The summed E-state index contributed by atoms with van der Waals surface area (Å²) in [6.07, 6.45) is 4.43. The number of nitrogens with zero attached hydrogens (tertiary/aromatic N) is 1. The number of benzene rings is 1. The molecule has 4 rings (SSSR count). The van der Waals surface area contributed by atoms with Gasteiger partial charge in [-0.2, -0.15) is 0 Å². The van der Waals surface area contributed by atoms with Crippen LogP contribution in [0.3, 0.4) is 0 Å². The van der Waals surface area contributed by atoms with Crippen LogP contribution in [0.4, 0.5) is 0 Å². The molecule has 0 unspecified atom stereocenters. The minimum Gasteiger partial charge on any atom is -0.465 e. The zero-order chi connectivity index (χ0) is 19.6. The summed E-state index contributed by atoms with van der Waals surface area (Å²) in [5.74, 6) is 2.04. The van der Waals surface area contributed by atoms with E-state index in [2.05, 4.69) is 22.3 Å². The number of rotatable bonds is 8. The fourth-order valence-electron chi connectivity index (χ4n) is 5.23. The molecule has 150 valence electrons. The Morgan fingerprint density at radius 1 is 1.25 bits per heavy atom. The number of carbonyl (C=O) groups excluding carboxylic acids is 1. The molecule has 2 bridgehead atoms. The molecule has 28 heavy (non-hydrogen) atoms. The second-order valence-electron chi connectivity index (χ2n) is 8.29. The van der Waals surface area contributed by atoms with Crippen molar-refractivity contribution in [2.45, 2.75) is 57.7 Å². The zero-order valence-corrected chi connectivity index (χ0v) is 16.6. The number of aryl methyl sites for hydroxylation is 1. The third-order valence-electron chi connectivity index (χ3n) is 6.45. The quantitative estimate of drug-likeness (QED) is 0.689. The summed E-state index contributed by atoms with van der Waals surface area (Å²) in [4.78, 5) is 15.9. The molecule has 0 saturated carbocycles. The van der Waals surface area contributed by atoms with Gasteiger partial charge in [0.2, 0.25) is 5.91 Å². The smallest absolute Gasteiger partial charge is 0.228 e. The van der Waals surface area contributed by atoms with E-state index in [4.69, 9.17) is 9.52 Å². The molecule has 2 aliphatic heterocycles. The van der Waals surface area contributed by atoms with Gasteiger partial charge in [0.1, 0.15) is 11.5 Å². The Kier molecular flexibility index (Phi) is 5.56. The van der Waals surface area contributed by atoms with Crippen LogP contribution < -0.4 is 5.32 Å². The summed E-state index contributed by atoms with van der Waals surface area (Å²) in [5, 5.41) is 12.2. The maximum Gasteiger partial charge on any atom is 0.228 e. The minimum absolute atomic E-state index is 0.0992. The van der Waals surface area contributed by atoms with E-state index in [0.717, 1.165) is 43.7 Å². The van der Waals surface area contributed by atoms with Gasteiger partial charge in [-0.1, -0.05) is 30.3 Å². The van der Waals surface area contributed by atoms with Crippen LogP contribution in [0.15, 0.2) is 46.9 Å². The van der Waals surface area contributed by atoms with Gasteiger partial charge < -0.3 is 14.8 Å². The summed E-state index contributed by atoms with van der Waals surface area (Å²) in [5.41, 5.74) is 0.794. The molecule has 5 nitrogen and oxygen atoms in total. The molecule has 2 aromatic rings. The molecule has 0 aliphatic carbocycles. The maximum atomic E-state index is 13.4. The van der Waals surface area contributed by atoms with Gasteiger partial charge in [0.25, 0.3) is 0 Å². The highest BCUT2D eigenvalue weighted by atomic mass is 16.3. The summed E-state index contributed by atoms with van der Waals surface area (Å²) in [6.45, 7) is 3.36. The van der Waals surface area contributed by atoms with Crippen LogP contribution in [0.25, 0.3) is 0 Å². The summed E-state index contributed by atoms with van der Waals surface area (Å²) >= 11 is 0. The molecule has 1 amide bonds. The second-order valence-corrected chi connectivity index (χ2v) is 8.29. The number of aliphatic hydroxyl groups excluding tert-OH is 1. The van der Waals surface area contributed by atoms with E-state index < -0.39 is 5.41 Å². The van der Waals surface area contributed by atoms with Crippen molar-refractivity contribution in [1.29, 1.82) is 0 Å². The number of amides is 1. The number of furan rings is 1. The number of carbonyl (C=O) groups is 1. The Balaban J connectivity index is 1.59. The highest BCUT2D eigenvalue weighted by Crippen LogP contribution is 2.52. The number of hydrogen-bond acceptors (Lipinski definition) is 4. The molecule has 2 aliphatic rings. The van der Waals surface area contributed by atoms with Gasteiger partial charge in [0.05, 0.1) is 12.0 Å². The number of nitrogens with one attached hydrogen (secondary N) is 1. The Morgan fingerprint density at radius 2 is 2.07 bits per heavy atom. The lowest BCUT2D eigenvalue weighted by atomic mass is 9.69. The molecular formula is C23H30N2O3. The maximum absolute atomic E-state index is 13.4. The number of hydrogen-bond donors (Lipinski definition) is 2.